The van der Waals surface area contributed by atoms with Gasteiger partial charge in [0.1, 0.15) is 11.9 Å². The Kier molecular flexibility index (Phi) is 6.27. The van der Waals surface area contributed by atoms with Gasteiger partial charge >= 0.3 is 6.03 Å². The summed E-state index contributed by atoms with van der Waals surface area (Å²) in [6.07, 6.45) is 4.80. The summed E-state index contributed by atoms with van der Waals surface area (Å²) in [5.41, 5.74) is 3.45. The number of nitrogens with zero attached hydrogens (tertiary/aromatic N) is 4. The van der Waals surface area contributed by atoms with Crippen LogP contribution in [0.25, 0.3) is 11.1 Å². The van der Waals surface area contributed by atoms with E-state index in [1.54, 1.807) is 44.7 Å². The van der Waals surface area contributed by atoms with Crippen molar-refractivity contribution in [3.63, 3.8) is 0 Å². The largest absolute Gasteiger partial charge is 0.345 e. The van der Waals surface area contributed by atoms with Gasteiger partial charge in [0.25, 0.3) is 11.8 Å². The van der Waals surface area contributed by atoms with Gasteiger partial charge in [-0.3, -0.25) is 14.6 Å². The second kappa shape index (κ2) is 9.30. The van der Waals surface area contributed by atoms with Crippen LogP contribution in [0.2, 0.25) is 0 Å². The Labute approximate surface area is 197 Å². The van der Waals surface area contributed by atoms with Crippen LogP contribution >= 0.6 is 0 Å². The Morgan fingerprint density at radius 3 is 2.32 bits per heavy atom. The Morgan fingerprint density at radius 2 is 1.74 bits per heavy atom. The summed E-state index contributed by atoms with van der Waals surface area (Å²) in [7, 11) is 3.44. The Bertz CT molecular complexity index is 1220. The van der Waals surface area contributed by atoms with Gasteiger partial charge in [-0.1, -0.05) is 26.0 Å². The van der Waals surface area contributed by atoms with Crippen molar-refractivity contribution in [1.82, 2.24) is 20.2 Å². The molecule has 0 saturated carbocycles. The smallest absolute Gasteiger partial charge is 0.329 e. The fraction of sp³-hybridized carbons (Fsp3) is 0.240. The number of benzene rings is 1. The monoisotopic (exact) mass is 458 g/mol. The third-order valence-corrected chi connectivity index (χ3v) is 5.52. The zero-order chi connectivity index (χ0) is 24.4. The maximum Gasteiger partial charge on any atom is 0.329 e. The molecule has 1 fully saturated rings. The number of urea groups is 1. The molecule has 174 valence electrons. The molecule has 4 amide bonds. The molecule has 9 heteroatoms. The third-order valence-electron chi connectivity index (χ3n) is 5.52. The minimum absolute atomic E-state index is 0.0110. The fourth-order valence-corrected chi connectivity index (χ4v) is 3.66. The number of carbonyl (C=O) groups is 3. The molecule has 9 nitrogen and oxygen atoms in total. The standard InChI is InChI=1S/C25H26N6O3/c1-15(2)22-24(33)31(25(34)29-22)20-11-19(13-26-14-20)28-21-10-9-18(12-27-21)16-5-7-17(8-6-16)23(32)30(3)4/h5-15,22H,1-4H3,(H,27,28)(H,29,34). The highest BCUT2D eigenvalue weighted by molar-refractivity contribution is 6.21. The summed E-state index contributed by atoms with van der Waals surface area (Å²) in [6, 6.07) is 11.8. The molecule has 0 bridgehead atoms. The number of rotatable bonds is 6. The molecule has 1 saturated heterocycles. The van der Waals surface area contributed by atoms with Crippen LogP contribution < -0.4 is 15.5 Å². The van der Waals surface area contributed by atoms with E-state index in [1.165, 1.54) is 11.1 Å². The van der Waals surface area contributed by atoms with Crippen LogP contribution in [0, 0.1) is 5.92 Å². The molecule has 1 aromatic carbocycles. The molecule has 1 aliphatic heterocycles. The van der Waals surface area contributed by atoms with Crippen molar-refractivity contribution >= 4 is 35.0 Å². The van der Waals surface area contributed by atoms with E-state index >= 15 is 0 Å². The summed E-state index contributed by atoms with van der Waals surface area (Å²) in [5, 5.41) is 5.87. The predicted molar refractivity (Wildman–Crippen MR) is 130 cm³/mol. The van der Waals surface area contributed by atoms with Crippen LogP contribution in [-0.2, 0) is 4.79 Å². The highest BCUT2D eigenvalue weighted by Crippen LogP contribution is 2.26. The van der Waals surface area contributed by atoms with Gasteiger partial charge in [-0.25, -0.2) is 14.7 Å². The van der Waals surface area contributed by atoms with Gasteiger partial charge in [-0.2, -0.15) is 0 Å². The second-order valence-electron chi connectivity index (χ2n) is 8.61. The molecule has 0 spiro atoms. The first-order valence-electron chi connectivity index (χ1n) is 10.9. The van der Waals surface area contributed by atoms with E-state index in [2.05, 4.69) is 20.6 Å². The first-order chi connectivity index (χ1) is 16.2. The molecule has 1 unspecified atom stereocenters. The highest BCUT2D eigenvalue weighted by atomic mass is 16.2. The number of amides is 4. The second-order valence-corrected chi connectivity index (χ2v) is 8.61. The molecule has 34 heavy (non-hydrogen) atoms. The average Bonchev–Trinajstić information content (AvgIpc) is 3.13. The molecular formula is C25H26N6O3. The van der Waals surface area contributed by atoms with E-state index in [0.717, 1.165) is 16.0 Å². The van der Waals surface area contributed by atoms with E-state index in [4.69, 9.17) is 0 Å². The molecule has 3 aromatic rings. The summed E-state index contributed by atoms with van der Waals surface area (Å²) in [6.45, 7) is 3.77. The molecule has 2 aromatic heterocycles. The van der Waals surface area contributed by atoms with Crippen molar-refractivity contribution in [3.05, 3.63) is 66.6 Å². The summed E-state index contributed by atoms with van der Waals surface area (Å²) < 4.78 is 0. The Hall–Kier alpha value is -4.27. The van der Waals surface area contributed by atoms with Crippen molar-refractivity contribution in [2.45, 2.75) is 19.9 Å². The lowest BCUT2D eigenvalue weighted by molar-refractivity contribution is -0.119. The number of hydrogen-bond donors (Lipinski definition) is 2. The number of aromatic nitrogens is 2. The van der Waals surface area contributed by atoms with E-state index in [-0.39, 0.29) is 17.7 Å². The van der Waals surface area contributed by atoms with Crippen molar-refractivity contribution in [2.24, 2.45) is 5.92 Å². The average molecular weight is 459 g/mol. The fourth-order valence-electron chi connectivity index (χ4n) is 3.66. The molecule has 4 rings (SSSR count). The predicted octanol–water partition coefficient (Wildman–Crippen LogP) is 3.67. The summed E-state index contributed by atoms with van der Waals surface area (Å²) in [5.74, 6) is 0.232. The topological polar surface area (TPSA) is 108 Å². The first kappa shape index (κ1) is 22.9. The number of anilines is 3. The number of imide groups is 1. The lowest BCUT2D eigenvalue weighted by atomic mass is 10.1. The highest BCUT2D eigenvalue weighted by Gasteiger charge is 2.40. The summed E-state index contributed by atoms with van der Waals surface area (Å²) in [4.78, 5) is 48.3. The van der Waals surface area contributed by atoms with Gasteiger partial charge in [0.05, 0.1) is 23.8 Å². The van der Waals surface area contributed by atoms with Crippen LogP contribution in [-0.4, -0.2) is 52.9 Å². The zero-order valence-corrected chi connectivity index (χ0v) is 19.4. The van der Waals surface area contributed by atoms with Gasteiger partial charge in [0.2, 0.25) is 0 Å². The van der Waals surface area contributed by atoms with Crippen molar-refractivity contribution in [2.75, 3.05) is 24.3 Å². The van der Waals surface area contributed by atoms with Crippen LogP contribution in [0.5, 0.6) is 0 Å². The lowest BCUT2D eigenvalue weighted by Gasteiger charge is -2.15. The van der Waals surface area contributed by atoms with Gasteiger partial charge in [-0.15, -0.1) is 0 Å². The SMILES string of the molecule is CC(C)C1NC(=O)N(c2cncc(Nc3ccc(-c4ccc(C(=O)N(C)C)cc4)cn3)c2)C1=O. The van der Waals surface area contributed by atoms with E-state index < -0.39 is 12.1 Å². The van der Waals surface area contributed by atoms with Crippen molar-refractivity contribution < 1.29 is 14.4 Å². The normalized spacial score (nSPS) is 15.4. The van der Waals surface area contributed by atoms with Gasteiger partial charge < -0.3 is 15.5 Å². The maximum absolute atomic E-state index is 12.7. The van der Waals surface area contributed by atoms with Crippen LogP contribution in [0.3, 0.4) is 0 Å². The number of nitrogens with one attached hydrogen (secondary N) is 2. The Balaban J connectivity index is 1.48. The number of pyridine rings is 2. The van der Waals surface area contributed by atoms with Crippen LogP contribution in [0.4, 0.5) is 22.0 Å². The molecular weight excluding hydrogens is 432 g/mol. The summed E-state index contributed by atoms with van der Waals surface area (Å²) >= 11 is 0. The van der Waals surface area contributed by atoms with Crippen LogP contribution in [0.1, 0.15) is 24.2 Å². The van der Waals surface area contributed by atoms with E-state index in [9.17, 15) is 14.4 Å². The van der Waals surface area contributed by atoms with Crippen molar-refractivity contribution in [3.8, 4) is 11.1 Å². The minimum atomic E-state index is -0.548. The molecule has 0 aliphatic carbocycles. The number of hydrogen-bond acceptors (Lipinski definition) is 6. The molecule has 0 radical (unpaired) electrons. The quantitative estimate of drug-likeness (QED) is 0.546. The van der Waals surface area contributed by atoms with Gasteiger partial charge in [-0.05, 0) is 41.8 Å². The molecule has 3 heterocycles. The molecule has 2 N–H and O–H groups in total. The van der Waals surface area contributed by atoms with Gasteiger partial charge in [0.15, 0.2) is 0 Å². The van der Waals surface area contributed by atoms with Crippen molar-refractivity contribution in [1.29, 1.82) is 0 Å². The first-order valence-corrected chi connectivity index (χ1v) is 10.9. The third kappa shape index (κ3) is 4.59. The maximum atomic E-state index is 12.7. The lowest BCUT2D eigenvalue weighted by Crippen LogP contribution is -2.34. The zero-order valence-electron chi connectivity index (χ0n) is 19.4. The minimum Gasteiger partial charge on any atom is -0.345 e. The molecule has 1 atom stereocenters. The van der Waals surface area contributed by atoms with E-state index in [1.807, 2.05) is 38.1 Å². The van der Waals surface area contributed by atoms with Gasteiger partial charge in [0, 0.05) is 31.4 Å². The number of carbonyl (C=O) groups excluding carboxylic acids is 3. The Morgan fingerprint density at radius 1 is 1.03 bits per heavy atom. The molecule has 1 aliphatic rings. The van der Waals surface area contributed by atoms with E-state index in [0.29, 0.717) is 22.8 Å². The van der Waals surface area contributed by atoms with Crippen LogP contribution in [0.15, 0.2) is 61.1 Å².